The fraction of sp³-hybridized carbons (Fsp3) is 0.500. The molecule has 4 N–H and O–H groups in total. The van der Waals surface area contributed by atoms with Crippen LogP contribution >= 0.6 is 0 Å². The lowest BCUT2D eigenvalue weighted by Gasteiger charge is -2.19. The topological polar surface area (TPSA) is 70.4 Å². The van der Waals surface area contributed by atoms with Crippen molar-refractivity contribution in [2.45, 2.75) is 25.8 Å². The molecule has 1 aliphatic carbocycles. The Balaban J connectivity index is 1.76. The van der Waals surface area contributed by atoms with E-state index in [1.165, 1.54) is 12.8 Å². The average Bonchev–Trinajstić information content (AvgIpc) is 3.28. The summed E-state index contributed by atoms with van der Waals surface area (Å²) in [5, 5.41) is 2.95. The number of amides is 1. The maximum atomic E-state index is 11.9. The van der Waals surface area contributed by atoms with Crippen molar-refractivity contribution in [3.05, 3.63) is 29.8 Å². The van der Waals surface area contributed by atoms with Crippen molar-refractivity contribution in [3.63, 3.8) is 0 Å². The van der Waals surface area contributed by atoms with Gasteiger partial charge in [-0.1, -0.05) is 6.92 Å². The number of rotatable bonds is 7. The summed E-state index contributed by atoms with van der Waals surface area (Å²) in [7, 11) is 0. The molecule has 19 heavy (non-hydrogen) atoms. The molecule has 1 aromatic rings. The van der Waals surface area contributed by atoms with Gasteiger partial charge in [0.05, 0.1) is 0 Å². The van der Waals surface area contributed by atoms with E-state index in [1.807, 2.05) is 0 Å². The summed E-state index contributed by atoms with van der Waals surface area (Å²) >= 11 is 0. The third-order valence-electron chi connectivity index (χ3n) is 3.47. The molecule has 0 aliphatic heterocycles. The van der Waals surface area contributed by atoms with E-state index in [0.29, 0.717) is 12.1 Å². The first-order valence-electron chi connectivity index (χ1n) is 6.83. The molecule has 0 bridgehead atoms. The van der Waals surface area contributed by atoms with Crippen LogP contribution in [-0.4, -0.2) is 36.5 Å². The molecular formula is C14H22N4O. The van der Waals surface area contributed by atoms with Crippen LogP contribution in [0.4, 0.5) is 5.69 Å². The number of nitrogen functional groups attached to an aromatic ring is 1. The summed E-state index contributed by atoms with van der Waals surface area (Å²) in [6, 6.07) is 7.86. The summed E-state index contributed by atoms with van der Waals surface area (Å²) in [6.07, 6.45) is 2.60. The largest absolute Gasteiger partial charge is 0.351 e. The molecule has 5 heteroatoms. The summed E-state index contributed by atoms with van der Waals surface area (Å²) in [4.78, 5) is 14.3. The Morgan fingerprint density at radius 2 is 2.05 bits per heavy atom. The normalized spacial score (nSPS) is 14.5. The molecule has 0 atom stereocenters. The lowest BCUT2D eigenvalue weighted by molar-refractivity contribution is 0.0948. The van der Waals surface area contributed by atoms with Crippen LogP contribution in [-0.2, 0) is 0 Å². The van der Waals surface area contributed by atoms with Crippen LogP contribution in [0.3, 0.4) is 0 Å². The highest BCUT2D eigenvalue weighted by atomic mass is 16.1. The van der Waals surface area contributed by atoms with Crippen LogP contribution in [0.1, 0.15) is 30.1 Å². The number of hydrogen-bond donors (Lipinski definition) is 3. The summed E-state index contributed by atoms with van der Waals surface area (Å²) < 4.78 is 0. The van der Waals surface area contributed by atoms with Crippen molar-refractivity contribution in [1.29, 1.82) is 0 Å². The van der Waals surface area contributed by atoms with Gasteiger partial charge in [0.1, 0.15) is 0 Å². The van der Waals surface area contributed by atoms with E-state index in [0.717, 1.165) is 24.8 Å². The van der Waals surface area contributed by atoms with Crippen LogP contribution in [0, 0.1) is 0 Å². The molecule has 0 unspecified atom stereocenters. The van der Waals surface area contributed by atoms with E-state index in [1.54, 1.807) is 24.3 Å². The first kappa shape index (κ1) is 13.8. The van der Waals surface area contributed by atoms with Gasteiger partial charge in [-0.2, -0.15) is 0 Å². The summed E-state index contributed by atoms with van der Waals surface area (Å²) in [5.41, 5.74) is 3.99. The molecule has 0 aromatic heterocycles. The third kappa shape index (κ3) is 3.94. The van der Waals surface area contributed by atoms with Crippen LogP contribution in [0.5, 0.6) is 0 Å². The van der Waals surface area contributed by atoms with Gasteiger partial charge in [0.15, 0.2) is 0 Å². The van der Waals surface area contributed by atoms with E-state index in [2.05, 4.69) is 22.6 Å². The Labute approximate surface area is 114 Å². The van der Waals surface area contributed by atoms with Gasteiger partial charge >= 0.3 is 0 Å². The highest BCUT2D eigenvalue weighted by Gasteiger charge is 2.27. The first-order chi connectivity index (χ1) is 9.24. The average molecular weight is 262 g/mol. The van der Waals surface area contributed by atoms with Crippen molar-refractivity contribution in [2.24, 2.45) is 5.84 Å². The number of hydrazine groups is 1. The molecular weight excluding hydrogens is 240 g/mol. The lowest BCUT2D eigenvalue weighted by atomic mass is 10.2. The van der Waals surface area contributed by atoms with Crippen LogP contribution < -0.4 is 16.6 Å². The zero-order valence-corrected chi connectivity index (χ0v) is 11.4. The van der Waals surface area contributed by atoms with E-state index in [4.69, 9.17) is 5.84 Å². The monoisotopic (exact) mass is 262 g/mol. The fourth-order valence-corrected chi connectivity index (χ4v) is 2.17. The van der Waals surface area contributed by atoms with Gasteiger partial charge < -0.3 is 10.7 Å². The minimum atomic E-state index is -0.0320. The minimum Gasteiger partial charge on any atom is -0.351 e. The third-order valence-corrected chi connectivity index (χ3v) is 3.47. The van der Waals surface area contributed by atoms with E-state index < -0.39 is 0 Å². The molecule has 1 amide bonds. The van der Waals surface area contributed by atoms with E-state index >= 15 is 0 Å². The summed E-state index contributed by atoms with van der Waals surface area (Å²) in [6.45, 7) is 4.84. The van der Waals surface area contributed by atoms with Gasteiger partial charge in [-0.05, 0) is 43.7 Å². The maximum Gasteiger partial charge on any atom is 0.251 e. The zero-order valence-electron chi connectivity index (χ0n) is 11.4. The van der Waals surface area contributed by atoms with Crippen molar-refractivity contribution < 1.29 is 4.79 Å². The van der Waals surface area contributed by atoms with Crippen LogP contribution in [0.15, 0.2) is 24.3 Å². The Kier molecular flexibility index (Phi) is 4.76. The van der Waals surface area contributed by atoms with Gasteiger partial charge in [-0.25, -0.2) is 0 Å². The standard InChI is InChI=1S/C14H22N4O/c1-2-18(13-7-8-13)10-9-16-14(19)11-3-5-12(17-15)6-4-11/h3-6,13,17H,2,7-10,15H2,1H3,(H,16,19). The van der Waals surface area contributed by atoms with Gasteiger partial charge in [0.25, 0.3) is 5.91 Å². The number of nitrogens with two attached hydrogens (primary N) is 1. The molecule has 0 heterocycles. The molecule has 0 spiro atoms. The maximum absolute atomic E-state index is 11.9. The first-order valence-corrected chi connectivity index (χ1v) is 6.83. The molecule has 2 rings (SSSR count). The number of anilines is 1. The van der Waals surface area contributed by atoms with Gasteiger partial charge in [-0.15, -0.1) is 0 Å². The highest BCUT2D eigenvalue weighted by molar-refractivity contribution is 5.94. The van der Waals surface area contributed by atoms with Gasteiger partial charge in [-0.3, -0.25) is 15.5 Å². The molecule has 5 nitrogen and oxygen atoms in total. The lowest BCUT2D eigenvalue weighted by Crippen LogP contribution is -2.36. The van der Waals surface area contributed by atoms with Crippen LogP contribution in [0.25, 0.3) is 0 Å². The van der Waals surface area contributed by atoms with Crippen LogP contribution in [0.2, 0.25) is 0 Å². The van der Waals surface area contributed by atoms with E-state index in [9.17, 15) is 4.79 Å². The number of nitrogens with zero attached hydrogens (tertiary/aromatic N) is 1. The second-order valence-electron chi connectivity index (χ2n) is 4.84. The van der Waals surface area contributed by atoms with Gasteiger partial charge in [0, 0.05) is 30.4 Å². The number of benzene rings is 1. The van der Waals surface area contributed by atoms with Crippen molar-refractivity contribution >= 4 is 11.6 Å². The Morgan fingerprint density at radius 1 is 1.37 bits per heavy atom. The van der Waals surface area contributed by atoms with Crippen molar-refractivity contribution in [3.8, 4) is 0 Å². The number of likely N-dealkylation sites (N-methyl/N-ethyl adjacent to an activating group) is 1. The predicted molar refractivity (Wildman–Crippen MR) is 76.9 cm³/mol. The quantitative estimate of drug-likeness (QED) is 0.510. The number of hydrogen-bond acceptors (Lipinski definition) is 4. The second-order valence-corrected chi connectivity index (χ2v) is 4.84. The molecule has 1 saturated carbocycles. The molecule has 1 fully saturated rings. The smallest absolute Gasteiger partial charge is 0.251 e. The van der Waals surface area contributed by atoms with Gasteiger partial charge in [0.2, 0.25) is 0 Å². The molecule has 0 radical (unpaired) electrons. The predicted octanol–water partition coefficient (Wildman–Crippen LogP) is 1.19. The number of nitrogens with one attached hydrogen (secondary N) is 2. The molecule has 104 valence electrons. The molecule has 1 aromatic carbocycles. The van der Waals surface area contributed by atoms with E-state index in [-0.39, 0.29) is 5.91 Å². The number of carbonyl (C=O) groups excluding carboxylic acids is 1. The summed E-state index contributed by atoms with van der Waals surface area (Å²) in [5.74, 6) is 5.25. The second kappa shape index (κ2) is 6.54. The molecule has 0 saturated heterocycles. The zero-order chi connectivity index (χ0) is 13.7. The van der Waals surface area contributed by atoms with Crippen molar-refractivity contribution in [2.75, 3.05) is 25.1 Å². The molecule has 1 aliphatic rings. The Bertz CT molecular complexity index is 414. The number of carbonyl (C=O) groups is 1. The Morgan fingerprint density at radius 3 is 2.58 bits per heavy atom. The Hall–Kier alpha value is -1.59. The highest BCUT2D eigenvalue weighted by Crippen LogP contribution is 2.25. The minimum absolute atomic E-state index is 0.0320. The fourth-order valence-electron chi connectivity index (χ4n) is 2.17. The SMILES string of the molecule is CCN(CCNC(=O)c1ccc(NN)cc1)C1CC1. The van der Waals surface area contributed by atoms with Crippen molar-refractivity contribution in [1.82, 2.24) is 10.2 Å².